The Bertz CT molecular complexity index is 719. The summed E-state index contributed by atoms with van der Waals surface area (Å²) in [6.45, 7) is 2.86. The fraction of sp³-hybridized carbons (Fsp3) is 0.650. The van der Waals surface area contributed by atoms with Crippen LogP contribution in [0.4, 0.5) is 0 Å². The third kappa shape index (κ3) is 5.09. The average Bonchev–Trinajstić information content (AvgIpc) is 2.73. The van der Waals surface area contributed by atoms with Gasteiger partial charge in [-0.05, 0) is 56.8 Å². The lowest BCUT2D eigenvalue weighted by molar-refractivity contribution is -0.132. The van der Waals surface area contributed by atoms with E-state index < -0.39 is 10.0 Å². The quantitative estimate of drug-likeness (QED) is 0.803. The van der Waals surface area contributed by atoms with Crippen LogP contribution in [0.25, 0.3) is 0 Å². The number of amides is 1. The molecule has 1 aromatic carbocycles. The van der Waals surface area contributed by atoms with Crippen LogP contribution >= 0.6 is 0 Å². The fourth-order valence-electron chi connectivity index (χ4n) is 3.91. The van der Waals surface area contributed by atoms with Gasteiger partial charge in [-0.15, -0.1) is 0 Å². The van der Waals surface area contributed by atoms with E-state index in [1.54, 1.807) is 16.4 Å². The van der Waals surface area contributed by atoms with E-state index in [4.69, 9.17) is 0 Å². The molecule has 1 amide bonds. The van der Waals surface area contributed by atoms with E-state index in [2.05, 4.69) is 5.32 Å². The van der Waals surface area contributed by atoms with Crippen molar-refractivity contribution in [1.82, 2.24) is 14.5 Å². The first-order chi connectivity index (χ1) is 13.0. The van der Waals surface area contributed by atoms with Gasteiger partial charge >= 0.3 is 0 Å². The molecule has 0 unspecified atom stereocenters. The molecule has 0 aromatic heterocycles. The molecular weight excluding hydrogens is 362 g/mol. The van der Waals surface area contributed by atoms with Crippen LogP contribution in [-0.2, 0) is 21.2 Å². The largest absolute Gasteiger partial charge is 0.343 e. The highest BCUT2D eigenvalue weighted by molar-refractivity contribution is 7.89. The molecule has 2 aliphatic rings. The third-order valence-corrected chi connectivity index (χ3v) is 7.67. The van der Waals surface area contributed by atoms with Crippen LogP contribution in [0.1, 0.15) is 44.1 Å². The van der Waals surface area contributed by atoms with Crippen LogP contribution in [0.3, 0.4) is 0 Å². The topological polar surface area (TPSA) is 69.7 Å². The van der Waals surface area contributed by atoms with Crippen molar-refractivity contribution in [2.45, 2.75) is 55.9 Å². The summed E-state index contributed by atoms with van der Waals surface area (Å²) in [5, 5.41) is 3.27. The first-order valence-electron chi connectivity index (χ1n) is 10.0. The first kappa shape index (κ1) is 20.3. The van der Waals surface area contributed by atoms with Gasteiger partial charge in [0.15, 0.2) is 0 Å². The molecule has 1 aromatic rings. The summed E-state index contributed by atoms with van der Waals surface area (Å²) in [5.74, 6) is 0.189. The Kier molecular flexibility index (Phi) is 6.89. The lowest BCUT2D eigenvalue weighted by Crippen LogP contribution is -2.44. The molecule has 2 heterocycles. The van der Waals surface area contributed by atoms with Gasteiger partial charge in [-0.3, -0.25) is 4.79 Å². The van der Waals surface area contributed by atoms with Gasteiger partial charge in [-0.2, -0.15) is 4.31 Å². The molecule has 0 spiro atoms. The molecule has 3 rings (SSSR count). The van der Waals surface area contributed by atoms with Crippen LogP contribution in [0.2, 0.25) is 0 Å². The summed E-state index contributed by atoms with van der Waals surface area (Å²) in [6, 6.07) is 7.57. The number of hydrogen-bond donors (Lipinski definition) is 1. The number of piperidine rings is 2. The van der Waals surface area contributed by atoms with E-state index in [1.165, 1.54) is 0 Å². The number of likely N-dealkylation sites (tertiary alicyclic amines) is 1. The average molecular weight is 394 g/mol. The summed E-state index contributed by atoms with van der Waals surface area (Å²) in [6.07, 6.45) is 6.11. The molecule has 1 N–H and O–H groups in total. The Morgan fingerprint density at radius 2 is 1.67 bits per heavy atom. The summed E-state index contributed by atoms with van der Waals surface area (Å²) in [5.41, 5.74) is 1.01. The van der Waals surface area contributed by atoms with Crippen molar-refractivity contribution in [3.05, 3.63) is 29.8 Å². The van der Waals surface area contributed by atoms with E-state index in [9.17, 15) is 13.2 Å². The van der Waals surface area contributed by atoms with E-state index in [0.717, 1.165) is 50.8 Å². The minimum Gasteiger partial charge on any atom is -0.343 e. The molecule has 2 saturated heterocycles. The SMILES string of the molecule is CNC1CCN(C(=O)CCc2ccc(S(=O)(=O)N3CCCCC3)cc2)CC1. The second kappa shape index (κ2) is 9.17. The maximum atomic E-state index is 12.7. The van der Waals surface area contributed by atoms with Crippen molar-refractivity contribution < 1.29 is 13.2 Å². The second-order valence-corrected chi connectivity index (χ2v) is 9.49. The summed E-state index contributed by atoms with van der Waals surface area (Å²) in [7, 11) is -1.41. The van der Waals surface area contributed by atoms with Gasteiger partial charge < -0.3 is 10.2 Å². The molecule has 27 heavy (non-hydrogen) atoms. The first-order valence-corrected chi connectivity index (χ1v) is 11.5. The Morgan fingerprint density at radius 1 is 1.04 bits per heavy atom. The number of sulfonamides is 1. The molecule has 0 bridgehead atoms. The molecule has 0 atom stereocenters. The van der Waals surface area contributed by atoms with Crippen LogP contribution in [0, 0.1) is 0 Å². The van der Waals surface area contributed by atoms with Gasteiger partial charge in [-0.25, -0.2) is 8.42 Å². The summed E-state index contributed by atoms with van der Waals surface area (Å²) >= 11 is 0. The van der Waals surface area contributed by atoms with E-state index in [1.807, 2.05) is 24.1 Å². The number of nitrogens with one attached hydrogen (secondary N) is 1. The van der Waals surface area contributed by atoms with Gasteiger partial charge in [0, 0.05) is 38.6 Å². The van der Waals surface area contributed by atoms with E-state index in [-0.39, 0.29) is 5.91 Å². The van der Waals surface area contributed by atoms with E-state index >= 15 is 0 Å². The van der Waals surface area contributed by atoms with Crippen molar-refractivity contribution in [3.63, 3.8) is 0 Å². The molecule has 2 fully saturated rings. The third-order valence-electron chi connectivity index (χ3n) is 5.76. The Hall–Kier alpha value is -1.44. The zero-order valence-electron chi connectivity index (χ0n) is 16.2. The number of benzene rings is 1. The van der Waals surface area contributed by atoms with Crippen molar-refractivity contribution in [2.24, 2.45) is 0 Å². The Labute approximate surface area is 163 Å². The molecule has 0 aliphatic carbocycles. The van der Waals surface area contributed by atoms with Crippen LogP contribution < -0.4 is 5.32 Å². The number of aryl methyl sites for hydroxylation is 1. The van der Waals surface area contributed by atoms with Crippen molar-refractivity contribution in [3.8, 4) is 0 Å². The predicted octanol–water partition coefficient (Wildman–Crippen LogP) is 2.00. The molecule has 7 heteroatoms. The highest BCUT2D eigenvalue weighted by Gasteiger charge is 2.26. The van der Waals surface area contributed by atoms with Gasteiger partial charge in [0.1, 0.15) is 0 Å². The molecular formula is C20H31N3O3S. The Balaban J connectivity index is 1.52. The number of rotatable bonds is 6. The van der Waals surface area contributed by atoms with Gasteiger partial charge in [-0.1, -0.05) is 18.6 Å². The lowest BCUT2D eigenvalue weighted by Gasteiger charge is -2.31. The predicted molar refractivity (Wildman–Crippen MR) is 106 cm³/mol. The molecule has 150 valence electrons. The highest BCUT2D eigenvalue weighted by atomic mass is 32.2. The Morgan fingerprint density at radius 3 is 2.26 bits per heavy atom. The number of nitrogens with zero attached hydrogens (tertiary/aromatic N) is 2. The van der Waals surface area contributed by atoms with Gasteiger partial charge in [0.05, 0.1) is 4.90 Å². The zero-order valence-corrected chi connectivity index (χ0v) is 17.0. The van der Waals surface area contributed by atoms with Crippen molar-refractivity contribution in [1.29, 1.82) is 0 Å². The molecule has 0 saturated carbocycles. The minimum absolute atomic E-state index is 0.189. The number of carbonyl (C=O) groups excluding carboxylic acids is 1. The fourth-order valence-corrected chi connectivity index (χ4v) is 5.43. The summed E-state index contributed by atoms with van der Waals surface area (Å²) in [4.78, 5) is 14.7. The molecule has 0 radical (unpaired) electrons. The highest BCUT2D eigenvalue weighted by Crippen LogP contribution is 2.21. The van der Waals surface area contributed by atoms with Gasteiger partial charge in [0.2, 0.25) is 15.9 Å². The standard InChI is InChI=1S/C20H31N3O3S/c1-21-18-11-15-22(16-12-18)20(24)10-7-17-5-8-19(9-6-17)27(25,26)23-13-3-2-4-14-23/h5-6,8-9,18,21H,2-4,7,10-16H2,1H3. The number of carbonyl (C=O) groups is 1. The maximum absolute atomic E-state index is 12.7. The molecule has 6 nitrogen and oxygen atoms in total. The second-order valence-electron chi connectivity index (χ2n) is 7.55. The number of hydrogen-bond acceptors (Lipinski definition) is 4. The van der Waals surface area contributed by atoms with Crippen molar-refractivity contribution in [2.75, 3.05) is 33.2 Å². The van der Waals surface area contributed by atoms with Crippen LogP contribution in [-0.4, -0.2) is 62.8 Å². The van der Waals surface area contributed by atoms with Crippen molar-refractivity contribution >= 4 is 15.9 Å². The maximum Gasteiger partial charge on any atom is 0.243 e. The normalized spacial score (nSPS) is 20.0. The van der Waals surface area contributed by atoms with Crippen LogP contribution in [0.5, 0.6) is 0 Å². The van der Waals surface area contributed by atoms with Crippen LogP contribution in [0.15, 0.2) is 29.2 Å². The monoisotopic (exact) mass is 393 g/mol. The molecule has 2 aliphatic heterocycles. The smallest absolute Gasteiger partial charge is 0.243 e. The lowest BCUT2D eigenvalue weighted by atomic mass is 10.0. The summed E-state index contributed by atoms with van der Waals surface area (Å²) < 4.78 is 27.0. The zero-order chi connectivity index (χ0) is 19.3. The van der Waals surface area contributed by atoms with Gasteiger partial charge in [0.25, 0.3) is 0 Å². The van der Waals surface area contributed by atoms with E-state index in [0.29, 0.717) is 36.9 Å². The minimum atomic E-state index is -3.38.